The number of benzene rings is 1. The molecule has 0 saturated heterocycles. The molecule has 2 atom stereocenters. The van der Waals surface area contributed by atoms with E-state index in [0.29, 0.717) is 12.0 Å². The molecular formula is C15H25N. The normalized spacial score (nSPS) is 15.1. The second-order valence-corrected chi connectivity index (χ2v) is 5.06. The second-order valence-electron chi connectivity index (χ2n) is 5.06. The Hall–Kier alpha value is -0.820. The van der Waals surface area contributed by atoms with Crippen molar-refractivity contribution in [2.45, 2.75) is 52.0 Å². The van der Waals surface area contributed by atoms with E-state index in [4.69, 9.17) is 5.73 Å². The Morgan fingerprint density at radius 1 is 1.06 bits per heavy atom. The SMILES string of the molecule is CCC(c1ccccc1)C(N)CCC(C)C. The summed E-state index contributed by atoms with van der Waals surface area (Å²) in [6.07, 6.45) is 3.48. The smallest absolute Gasteiger partial charge is 0.0108 e. The van der Waals surface area contributed by atoms with Gasteiger partial charge < -0.3 is 5.73 Å². The van der Waals surface area contributed by atoms with Gasteiger partial charge in [-0.15, -0.1) is 0 Å². The van der Waals surface area contributed by atoms with Crippen molar-refractivity contribution in [3.63, 3.8) is 0 Å². The molecule has 1 nitrogen and oxygen atoms in total. The molecule has 16 heavy (non-hydrogen) atoms. The summed E-state index contributed by atoms with van der Waals surface area (Å²) in [5.41, 5.74) is 7.70. The minimum Gasteiger partial charge on any atom is -0.327 e. The topological polar surface area (TPSA) is 26.0 Å². The van der Waals surface area contributed by atoms with Crippen LogP contribution in [0.3, 0.4) is 0 Å². The zero-order valence-corrected chi connectivity index (χ0v) is 10.8. The second kappa shape index (κ2) is 6.70. The average molecular weight is 219 g/mol. The van der Waals surface area contributed by atoms with Gasteiger partial charge in [0.1, 0.15) is 0 Å². The molecule has 1 heteroatoms. The van der Waals surface area contributed by atoms with Crippen molar-refractivity contribution >= 4 is 0 Å². The molecule has 0 aromatic heterocycles. The summed E-state index contributed by atoms with van der Waals surface area (Å²) in [6, 6.07) is 11.0. The maximum Gasteiger partial charge on any atom is 0.0108 e. The Labute approximate surface area is 100 Å². The van der Waals surface area contributed by atoms with Crippen LogP contribution in [0.5, 0.6) is 0 Å². The van der Waals surface area contributed by atoms with Crippen LogP contribution in [0, 0.1) is 5.92 Å². The number of nitrogens with two attached hydrogens (primary N) is 1. The van der Waals surface area contributed by atoms with Gasteiger partial charge in [0.15, 0.2) is 0 Å². The Kier molecular flexibility index (Phi) is 5.54. The molecule has 0 fully saturated rings. The Balaban J connectivity index is 2.60. The molecule has 2 unspecified atom stereocenters. The van der Waals surface area contributed by atoms with E-state index in [1.807, 2.05) is 0 Å². The van der Waals surface area contributed by atoms with E-state index in [1.165, 1.54) is 12.0 Å². The van der Waals surface area contributed by atoms with Crippen LogP contribution in [0.25, 0.3) is 0 Å². The quantitative estimate of drug-likeness (QED) is 0.770. The third kappa shape index (κ3) is 3.97. The van der Waals surface area contributed by atoms with Crippen molar-refractivity contribution in [1.82, 2.24) is 0 Å². The summed E-state index contributed by atoms with van der Waals surface area (Å²) in [6.45, 7) is 6.75. The first-order valence-electron chi connectivity index (χ1n) is 6.45. The lowest BCUT2D eigenvalue weighted by molar-refractivity contribution is 0.436. The lowest BCUT2D eigenvalue weighted by Gasteiger charge is -2.23. The predicted molar refractivity (Wildman–Crippen MR) is 71.5 cm³/mol. The molecule has 90 valence electrons. The van der Waals surface area contributed by atoms with Crippen molar-refractivity contribution in [1.29, 1.82) is 0 Å². The van der Waals surface area contributed by atoms with Crippen LogP contribution >= 0.6 is 0 Å². The molecule has 0 aliphatic heterocycles. The molecule has 1 aromatic carbocycles. The summed E-state index contributed by atoms with van der Waals surface area (Å²) < 4.78 is 0. The van der Waals surface area contributed by atoms with E-state index < -0.39 is 0 Å². The zero-order valence-electron chi connectivity index (χ0n) is 10.8. The third-order valence-corrected chi connectivity index (χ3v) is 3.26. The van der Waals surface area contributed by atoms with Gasteiger partial charge in [0.2, 0.25) is 0 Å². The van der Waals surface area contributed by atoms with Crippen LogP contribution in [-0.4, -0.2) is 6.04 Å². The highest BCUT2D eigenvalue weighted by Gasteiger charge is 2.17. The van der Waals surface area contributed by atoms with Crippen LogP contribution in [0.15, 0.2) is 30.3 Å². The summed E-state index contributed by atoms with van der Waals surface area (Å²) in [4.78, 5) is 0. The Morgan fingerprint density at radius 2 is 1.69 bits per heavy atom. The maximum atomic E-state index is 6.31. The van der Waals surface area contributed by atoms with Crippen molar-refractivity contribution in [3.8, 4) is 0 Å². The highest BCUT2D eigenvalue weighted by atomic mass is 14.6. The molecule has 0 spiro atoms. The minimum absolute atomic E-state index is 0.301. The van der Waals surface area contributed by atoms with Gasteiger partial charge in [-0.1, -0.05) is 51.1 Å². The van der Waals surface area contributed by atoms with E-state index in [9.17, 15) is 0 Å². The first-order chi connectivity index (χ1) is 7.65. The van der Waals surface area contributed by atoms with Gasteiger partial charge in [-0.05, 0) is 36.7 Å². The number of hydrogen-bond acceptors (Lipinski definition) is 1. The molecule has 0 radical (unpaired) electrons. The van der Waals surface area contributed by atoms with Crippen LogP contribution in [0.1, 0.15) is 51.5 Å². The van der Waals surface area contributed by atoms with Gasteiger partial charge in [0, 0.05) is 6.04 Å². The third-order valence-electron chi connectivity index (χ3n) is 3.26. The van der Waals surface area contributed by atoms with Gasteiger partial charge in [-0.25, -0.2) is 0 Å². The first kappa shape index (κ1) is 13.2. The molecule has 1 aromatic rings. The van der Waals surface area contributed by atoms with Gasteiger partial charge >= 0.3 is 0 Å². The number of hydrogen-bond donors (Lipinski definition) is 1. The van der Waals surface area contributed by atoms with Crippen molar-refractivity contribution in [2.75, 3.05) is 0 Å². The summed E-state index contributed by atoms with van der Waals surface area (Å²) in [7, 11) is 0. The summed E-state index contributed by atoms with van der Waals surface area (Å²) in [5, 5.41) is 0. The maximum absolute atomic E-state index is 6.31. The van der Waals surface area contributed by atoms with Gasteiger partial charge in [-0.2, -0.15) is 0 Å². The highest BCUT2D eigenvalue weighted by molar-refractivity contribution is 5.20. The van der Waals surface area contributed by atoms with E-state index in [1.54, 1.807) is 0 Å². The van der Waals surface area contributed by atoms with Gasteiger partial charge in [0.25, 0.3) is 0 Å². The summed E-state index contributed by atoms with van der Waals surface area (Å²) in [5.74, 6) is 1.26. The van der Waals surface area contributed by atoms with Crippen molar-refractivity contribution < 1.29 is 0 Å². The first-order valence-corrected chi connectivity index (χ1v) is 6.45. The molecule has 0 aliphatic carbocycles. The predicted octanol–water partition coefficient (Wildman–Crippen LogP) is 3.94. The lowest BCUT2D eigenvalue weighted by atomic mass is 9.86. The minimum atomic E-state index is 0.301. The number of rotatable bonds is 6. The fourth-order valence-corrected chi connectivity index (χ4v) is 2.21. The van der Waals surface area contributed by atoms with Crippen LogP contribution in [-0.2, 0) is 0 Å². The standard InChI is InChI=1S/C15H25N/c1-4-14(13-8-6-5-7-9-13)15(16)11-10-12(2)3/h5-9,12,14-15H,4,10-11,16H2,1-3H3. The van der Waals surface area contributed by atoms with Crippen molar-refractivity contribution in [3.05, 3.63) is 35.9 Å². The van der Waals surface area contributed by atoms with E-state index in [2.05, 4.69) is 51.1 Å². The highest BCUT2D eigenvalue weighted by Crippen LogP contribution is 2.25. The zero-order chi connectivity index (χ0) is 12.0. The molecule has 2 N–H and O–H groups in total. The largest absolute Gasteiger partial charge is 0.327 e. The molecule has 0 bridgehead atoms. The van der Waals surface area contributed by atoms with Gasteiger partial charge in [0.05, 0.1) is 0 Å². The summed E-state index contributed by atoms with van der Waals surface area (Å²) >= 11 is 0. The van der Waals surface area contributed by atoms with Crippen LogP contribution in [0.2, 0.25) is 0 Å². The Bertz CT molecular complexity index is 279. The van der Waals surface area contributed by atoms with Crippen LogP contribution in [0.4, 0.5) is 0 Å². The van der Waals surface area contributed by atoms with Crippen LogP contribution < -0.4 is 5.73 Å². The van der Waals surface area contributed by atoms with Gasteiger partial charge in [-0.3, -0.25) is 0 Å². The molecule has 0 amide bonds. The lowest BCUT2D eigenvalue weighted by Crippen LogP contribution is -2.28. The van der Waals surface area contributed by atoms with E-state index in [0.717, 1.165) is 18.8 Å². The fourth-order valence-electron chi connectivity index (χ4n) is 2.21. The average Bonchev–Trinajstić information content (AvgIpc) is 2.29. The molecule has 0 saturated carbocycles. The monoisotopic (exact) mass is 219 g/mol. The van der Waals surface area contributed by atoms with E-state index >= 15 is 0 Å². The Morgan fingerprint density at radius 3 is 2.19 bits per heavy atom. The molecular weight excluding hydrogens is 194 g/mol. The molecule has 0 aliphatic rings. The van der Waals surface area contributed by atoms with E-state index in [-0.39, 0.29) is 0 Å². The molecule has 1 rings (SSSR count). The van der Waals surface area contributed by atoms with Crippen molar-refractivity contribution in [2.24, 2.45) is 11.7 Å². The molecule has 0 heterocycles. The fraction of sp³-hybridized carbons (Fsp3) is 0.600.